The third-order valence-electron chi connectivity index (χ3n) is 3.06. The van der Waals surface area contributed by atoms with E-state index in [1.54, 1.807) is 4.90 Å². The Labute approximate surface area is 105 Å². The molecule has 1 aliphatic rings. The van der Waals surface area contributed by atoms with E-state index in [0.29, 0.717) is 6.54 Å². The molecule has 0 aromatic rings. The molecule has 0 spiro atoms. The van der Waals surface area contributed by atoms with Crippen molar-refractivity contribution in [3.8, 4) is 0 Å². The van der Waals surface area contributed by atoms with Gasteiger partial charge in [-0.1, -0.05) is 0 Å². The maximum atomic E-state index is 11.8. The van der Waals surface area contributed by atoms with E-state index in [-0.39, 0.29) is 18.9 Å². The van der Waals surface area contributed by atoms with E-state index in [2.05, 4.69) is 5.32 Å². The molecule has 0 bridgehead atoms. The predicted octanol–water partition coefficient (Wildman–Crippen LogP) is 0.498. The molecule has 0 aromatic carbocycles. The lowest BCUT2D eigenvalue weighted by Crippen LogP contribution is -2.49. The molecule has 0 aliphatic carbocycles. The minimum atomic E-state index is -1.21. The first-order chi connectivity index (χ1) is 8.41. The number of carbonyl (C=O) groups is 3. The number of carbonyl (C=O) groups excluding carboxylic acids is 1. The van der Waals surface area contributed by atoms with Crippen LogP contribution in [0.25, 0.3) is 0 Å². The van der Waals surface area contributed by atoms with Gasteiger partial charge in [-0.15, -0.1) is 0 Å². The SMILES string of the molecule is CC1CCCN1C(=O)N[C@@H](CCC(=O)O)C(=O)O. The fraction of sp³-hybridized carbons (Fsp3) is 0.727. The van der Waals surface area contributed by atoms with Gasteiger partial charge in [0.2, 0.25) is 0 Å². The van der Waals surface area contributed by atoms with Crippen molar-refractivity contribution in [1.29, 1.82) is 0 Å². The molecule has 1 fully saturated rings. The van der Waals surface area contributed by atoms with Gasteiger partial charge in [-0.05, 0) is 26.2 Å². The van der Waals surface area contributed by atoms with Gasteiger partial charge >= 0.3 is 18.0 Å². The maximum Gasteiger partial charge on any atom is 0.326 e. The Kier molecular flexibility index (Phi) is 4.94. The van der Waals surface area contributed by atoms with Crippen LogP contribution >= 0.6 is 0 Å². The highest BCUT2D eigenvalue weighted by Gasteiger charge is 2.28. The highest BCUT2D eigenvalue weighted by atomic mass is 16.4. The minimum Gasteiger partial charge on any atom is -0.481 e. The lowest BCUT2D eigenvalue weighted by Gasteiger charge is -2.24. The number of nitrogens with one attached hydrogen (secondary N) is 1. The zero-order chi connectivity index (χ0) is 13.7. The molecule has 1 aliphatic heterocycles. The molecule has 0 aromatic heterocycles. The summed E-state index contributed by atoms with van der Waals surface area (Å²) in [5, 5.41) is 19.8. The van der Waals surface area contributed by atoms with Crippen LogP contribution in [-0.4, -0.2) is 51.7 Å². The van der Waals surface area contributed by atoms with Crippen LogP contribution in [-0.2, 0) is 9.59 Å². The Bertz CT molecular complexity index is 344. The van der Waals surface area contributed by atoms with Gasteiger partial charge in [0.05, 0.1) is 0 Å². The normalized spacial score (nSPS) is 20.5. The third-order valence-corrected chi connectivity index (χ3v) is 3.06. The Morgan fingerprint density at radius 2 is 2.06 bits per heavy atom. The molecule has 1 saturated heterocycles. The fourth-order valence-electron chi connectivity index (χ4n) is 1.99. The summed E-state index contributed by atoms with van der Waals surface area (Å²) in [5.41, 5.74) is 0. The Hall–Kier alpha value is -1.79. The van der Waals surface area contributed by atoms with Gasteiger partial charge in [-0.25, -0.2) is 9.59 Å². The second-order valence-electron chi connectivity index (χ2n) is 4.46. The Morgan fingerprint density at radius 1 is 1.39 bits per heavy atom. The molecule has 3 N–H and O–H groups in total. The largest absolute Gasteiger partial charge is 0.481 e. The smallest absolute Gasteiger partial charge is 0.326 e. The maximum absolute atomic E-state index is 11.8. The van der Waals surface area contributed by atoms with Crippen LogP contribution in [0.1, 0.15) is 32.6 Å². The van der Waals surface area contributed by atoms with Gasteiger partial charge in [0.25, 0.3) is 0 Å². The number of hydrogen-bond donors (Lipinski definition) is 3. The standard InChI is InChI=1S/C11H18N2O5/c1-7-3-2-6-13(7)11(18)12-8(10(16)17)4-5-9(14)15/h7-8H,2-6H2,1H3,(H,12,18)(H,14,15)(H,16,17)/t7?,8-/m0/s1. The van der Waals surface area contributed by atoms with Crippen molar-refractivity contribution in [2.24, 2.45) is 0 Å². The van der Waals surface area contributed by atoms with Crippen LogP contribution in [0.5, 0.6) is 0 Å². The number of urea groups is 1. The van der Waals surface area contributed by atoms with Crippen LogP contribution in [0, 0.1) is 0 Å². The van der Waals surface area contributed by atoms with E-state index in [0.717, 1.165) is 12.8 Å². The quantitative estimate of drug-likeness (QED) is 0.665. The van der Waals surface area contributed by atoms with Crippen LogP contribution in [0.15, 0.2) is 0 Å². The molecule has 102 valence electrons. The van der Waals surface area contributed by atoms with Crippen molar-refractivity contribution in [2.75, 3.05) is 6.54 Å². The van der Waals surface area contributed by atoms with Crippen molar-refractivity contribution >= 4 is 18.0 Å². The molecule has 0 saturated carbocycles. The van der Waals surface area contributed by atoms with Gasteiger partial charge in [0.15, 0.2) is 0 Å². The first-order valence-electron chi connectivity index (χ1n) is 5.93. The average Bonchev–Trinajstić information content (AvgIpc) is 2.69. The third kappa shape index (κ3) is 3.90. The van der Waals surface area contributed by atoms with Crippen molar-refractivity contribution in [3.05, 3.63) is 0 Å². The molecule has 2 atom stereocenters. The molecule has 1 heterocycles. The zero-order valence-corrected chi connectivity index (χ0v) is 10.3. The number of rotatable bonds is 5. The second-order valence-corrected chi connectivity index (χ2v) is 4.46. The number of likely N-dealkylation sites (tertiary alicyclic amines) is 1. The summed E-state index contributed by atoms with van der Waals surface area (Å²) >= 11 is 0. The molecule has 0 radical (unpaired) electrons. The van der Waals surface area contributed by atoms with E-state index in [1.165, 1.54) is 0 Å². The van der Waals surface area contributed by atoms with Crippen molar-refractivity contribution in [2.45, 2.75) is 44.7 Å². The number of carboxylic acids is 2. The highest BCUT2D eigenvalue weighted by molar-refractivity contribution is 5.83. The Balaban J connectivity index is 2.52. The van der Waals surface area contributed by atoms with E-state index >= 15 is 0 Å². The van der Waals surface area contributed by atoms with Crippen LogP contribution < -0.4 is 5.32 Å². The van der Waals surface area contributed by atoms with E-state index in [4.69, 9.17) is 10.2 Å². The summed E-state index contributed by atoms with van der Waals surface area (Å²) in [6.07, 6.45) is 1.41. The lowest BCUT2D eigenvalue weighted by atomic mass is 10.1. The molecular weight excluding hydrogens is 240 g/mol. The molecule has 7 nitrogen and oxygen atoms in total. The van der Waals surface area contributed by atoms with Crippen molar-refractivity contribution < 1.29 is 24.6 Å². The molecule has 18 heavy (non-hydrogen) atoms. The van der Waals surface area contributed by atoms with Crippen LogP contribution in [0.3, 0.4) is 0 Å². The highest BCUT2D eigenvalue weighted by Crippen LogP contribution is 2.16. The summed E-state index contributed by atoms with van der Waals surface area (Å²) in [5.74, 6) is -2.29. The molecular formula is C11H18N2O5. The monoisotopic (exact) mass is 258 g/mol. The number of hydrogen-bond acceptors (Lipinski definition) is 3. The summed E-state index contributed by atoms with van der Waals surface area (Å²) in [6, 6.07) is -1.49. The van der Waals surface area contributed by atoms with Crippen LogP contribution in [0.2, 0.25) is 0 Å². The van der Waals surface area contributed by atoms with Gasteiger partial charge in [-0.3, -0.25) is 4.79 Å². The molecule has 7 heteroatoms. The van der Waals surface area contributed by atoms with Gasteiger partial charge in [0, 0.05) is 19.0 Å². The molecule has 1 rings (SSSR count). The number of carboxylic acid groups (broad SMARTS) is 2. The van der Waals surface area contributed by atoms with Gasteiger partial charge < -0.3 is 20.4 Å². The Morgan fingerprint density at radius 3 is 2.50 bits per heavy atom. The second kappa shape index (κ2) is 6.23. The van der Waals surface area contributed by atoms with Gasteiger partial charge in [0.1, 0.15) is 6.04 Å². The molecule has 2 amide bonds. The lowest BCUT2D eigenvalue weighted by molar-refractivity contribution is -0.140. The molecule has 1 unspecified atom stereocenters. The number of aliphatic carboxylic acids is 2. The van der Waals surface area contributed by atoms with Crippen molar-refractivity contribution in [3.63, 3.8) is 0 Å². The van der Waals surface area contributed by atoms with Crippen LogP contribution in [0.4, 0.5) is 4.79 Å². The average molecular weight is 258 g/mol. The zero-order valence-electron chi connectivity index (χ0n) is 10.3. The van der Waals surface area contributed by atoms with E-state index < -0.39 is 24.0 Å². The minimum absolute atomic E-state index is 0.0962. The summed E-state index contributed by atoms with van der Waals surface area (Å²) in [7, 11) is 0. The topological polar surface area (TPSA) is 107 Å². The van der Waals surface area contributed by atoms with Gasteiger partial charge in [-0.2, -0.15) is 0 Å². The number of nitrogens with zero attached hydrogens (tertiary/aromatic N) is 1. The van der Waals surface area contributed by atoms with E-state index in [9.17, 15) is 14.4 Å². The fourth-order valence-corrected chi connectivity index (χ4v) is 1.99. The summed E-state index contributed by atoms with van der Waals surface area (Å²) in [4.78, 5) is 34.7. The summed E-state index contributed by atoms with van der Waals surface area (Å²) in [6.45, 7) is 2.51. The van der Waals surface area contributed by atoms with E-state index in [1.807, 2.05) is 6.92 Å². The number of amides is 2. The van der Waals surface area contributed by atoms with Crippen molar-refractivity contribution in [1.82, 2.24) is 10.2 Å². The first kappa shape index (κ1) is 14.3. The predicted molar refractivity (Wildman–Crippen MR) is 62.2 cm³/mol. The summed E-state index contributed by atoms with van der Waals surface area (Å²) < 4.78 is 0. The first-order valence-corrected chi connectivity index (χ1v) is 5.93.